The summed E-state index contributed by atoms with van der Waals surface area (Å²) in [5.41, 5.74) is 5.07. The van der Waals surface area contributed by atoms with Gasteiger partial charge in [-0.25, -0.2) is 9.98 Å². The lowest BCUT2D eigenvalue weighted by Crippen LogP contribution is -2.19. The van der Waals surface area contributed by atoms with E-state index in [0.717, 1.165) is 34.0 Å². The van der Waals surface area contributed by atoms with Gasteiger partial charge in [-0.3, -0.25) is 4.79 Å². The van der Waals surface area contributed by atoms with Gasteiger partial charge in [-0.05, 0) is 80.1 Å². The third-order valence-corrected chi connectivity index (χ3v) is 5.43. The molecule has 4 rings (SSSR count). The van der Waals surface area contributed by atoms with Gasteiger partial charge in [0.05, 0.1) is 10.6 Å². The second-order valence-electron chi connectivity index (χ2n) is 6.67. The maximum Gasteiger partial charge on any atom is 0.264 e. The number of carbonyl (C=O) groups excluding carboxylic acids is 1. The number of rotatable bonds is 3. The Labute approximate surface area is 168 Å². The molecule has 1 amide bonds. The molecule has 3 heterocycles. The summed E-state index contributed by atoms with van der Waals surface area (Å²) in [5.74, 6) is 0.742. The zero-order valence-electron chi connectivity index (χ0n) is 15.9. The van der Waals surface area contributed by atoms with E-state index in [-0.39, 0.29) is 5.91 Å². The fourth-order valence-corrected chi connectivity index (χ4v) is 4.04. The lowest BCUT2D eigenvalue weighted by Gasteiger charge is -2.07. The Hall–Kier alpha value is -3.12. The third kappa shape index (κ3) is 3.64. The predicted octanol–water partition coefficient (Wildman–Crippen LogP) is 4.69. The standard InChI is InChI=1S/C22H20N4OS/c1-14-7-6-8-18(11-14)24-22-25-21(27)19(28-22)13-17-12-15(2)26(16(17)3)20-9-4-5-10-23-20/h4-13H,1-3H3,(H,24,25,27)/b19-13-. The Morgan fingerprint density at radius 1 is 1.11 bits per heavy atom. The van der Waals surface area contributed by atoms with E-state index in [1.807, 2.05) is 69.3 Å². The Balaban J connectivity index is 1.64. The van der Waals surface area contributed by atoms with Crippen molar-refractivity contribution in [3.8, 4) is 5.82 Å². The molecule has 28 heavy (non-hydrogen) atoms. The van der Waals surface area contributed by atoms with Crippen molar-refractivity contribution >= 4 is 34.6 Å². The number of aromatic nitrogens is 2. The summed E-state index contributed by atoms with van der Waals surface area (Å²) in [7, 11) is 0. The van der Waals surface area contributed by atoms with Crippen LogP contribution in [0.1, 0.15) is 22.5 Å². The average Bonchev–Trinajstić information content (AvgIpc) is 3.14. The number of hydrogen-bond donors (Lipinski definition) is 1. The molecule has 0 unspecified atom stereocenters. The topological polar surface area (TPSA) is 59.3 Å². The number of aryl methyl sites for hydroxylation is 2. The molecule has 0 aliphatic carbocycles. The fraction of sp³-hybridized carbons (Fsp3) is 0.136. The van der Waals surface area contributed by atoms with Crippen LogP contribution in [-0.4, -0.2) is 20.6 Å². The smallest absolute Gasteiger partial charge is 0.264 e. The van der Waals surface area contributed by atoms with Crippen molar-refractivity contribution < 1.29 is 4.79 Å². The van der Waals surface area contributed by atoms with Crippen LogP contribution < -0.4 is 5.32 Å². The molecule has 0 saturated carbocycles. The highest BCUT2D eigenvalue weighted by atomic mass is 32.2. The molecular weight excluding hydrogens is 368 g/mol. The van der Waals surface area contributed by atoms with E-state index in [1.54, 1.807) is 6.20 Å². The number of amidine groups is 1. The first-order chi connectivity index (χ1) is 13.5. The normalized spacial score (nSPS) is 16.8. The summed E-state index contributed by atoms with van der Waals surface area (Å²) in [6, 6.07) is 15.8. The molecule has 0 atom stereocenters. The molecule has 2 aromatic heterocycles. The van der Waals surface area contributed by atoms with Gasteiger partial charge < -0.3 is 9.88 Å². The molecule has 6 heteroatoms. The number of nitrogens with zero attached hydrogens (tertiary/aromatic N) is 3. The van der Waals surface area contributed by atoms with Crippen molar-refractivity contribution in [1.29, 1.82) is 0 Å². The van der Waals surface area contributed by atoms with Crippen molar-refractivity contribution in [2.45, 2.75) is 20.8 Å². The molecule has 0 bridgehead atoms. The highest BCUT2D eigenvalue weighted by Crippen LogP contribution is 2.30. The molecule has 140 valence electrons. The van der Waals surface area contributed by atoms with Crippen molar-refractivity contribution in [1.82, 2.24) is 14.9 Å². The SMILES string of the molecule is Cc1cccc(N=C2NC(=O)/C(=C/c3cc(C)n(-c4ccccn4)c3C)S2)c1. The molecule has 0 radical (unpaired) electrons. The number of aliphatic imine (C=N–C) groups is 1. The van der Waals surface area contributed by atoms with Gasteiger partial charge in [0.2, 0.25) is 0 Å². The van der Waals surface area contributed by atoms with Crippen LogP contribution in [0.25, 0.3) is 11.9 Å². The number of thioether (sulfide) groups is 1. The van der Waals surface area contributed by atoms with Gasteiger partial charge in [0, 0.05) is 17.6 Å². The summed E-state index contributed by atoms with van der Waals surface area (Å²) < 4.78 is 2.09. The number of carbonyl (C=O) groups is 1. The van der Waals surface area contributed by atoms with E-state index in [2.05, 4.69) is 25.9 Å². The molecule has 1 aliphatic rings. The number of amides is 1. The predicted molar refractivity (Wildman–Crippen MR) is 115 cm³/mol. The molecular formula is C22H20N4OS. The van der Waals surface area contributed by atoms with Crippen LogP contribution in [0.5, 0.6) is 0 Å². The van der Waals surface area contributed by atoms with Crippen molar-refractivity contribution in [2.75, 3.05) is 0 Å². The quantitative estimate of drug-likeness (QED) is 0.662. The highest BCUT2D eigenvalue weighted by Gasteiger charge is 2.24. The maximum absolute atomic E-state index is 12.4. The van der Waals surface area contributed by atoms with E-state index in [4.69, 9.17) is 0 Å². The number of nitrogens with one attached hydrogen (secondary N) is 1. The van der Waals surface area contributed by atoms with Gasteiger partial charge in [-0.15, -0.1) is 0 Å². The second-order valence-corrected chi connectivity index (χ2v) is 7.70. The zero-order valence-corrected chi connectivity index (χ0v) is 16.7. The summed E-state index contributed by atoms with van der Waals surface area (Å²) in [6.45, 7) is 6.09. The minimum atomic E-state index is -0.126. The van der Waals surface area contributed by atoms with Crippen LogP contribution in [0.2, 0.25) is 0 Å². The van der Waals surface area contributed by atoms with Crippen molar-refractivity contribution in [3.63, 3.8) is 0 Å². The lowest BCUT2D eigenvalue weighted by molar-refractivity contribution is -0.115. The van der Waals surface area contributed by atoms with E-state index < -0.39 is 0 Å². The summed E-state index contributed by atoms with van der Waals surface area (Å²) in [4.78, 5) is 22.0. The maximum atomic E-state index is 12.4. The Morgan fingerprint density at radius 2 is 1.96 bits per heavy atom. The van der Waals surface area contributed by atoms with E-state index in [0.29, 0.717) is 10.1 Å². The molecule has 1 fully saturated rings. The van der Waals surface area contributed by atoms with E-state index >= 15 is 0 Å². The molecule has 1 saturated heterocycles. The lowest BCUT2D eigenvalue weighted by atomic mass is 10.2. The van der Waals surface area contributed by atoms with Gasteiger partial charge in [0.15, 0.2) is 5.17 Å². The zero-order chi connectivity index (χ0) is 19.7. The number of hydrogen-bond acceptors (Lipinski definition) is 4. The first-order valence-electron chi connectivity index (χ1n) is 8.98. The van der Waals surface area contributed by atoms with Gasteiger partial charge >= 0.3 is 0 Å². The van der Waals surface area contributed by atoms with Crippen LogP contribution in [-0.2, 0) is 4.79 Å². The second kappa shape index (κ2) is 7.48. The van der Waals surface area contributed by atoms with Crippen LogP contribution in [0.4, 0.5) is 5.69 Å². The van der Waals surface area contributed by atoms with Gasteiger partial charge in [-0.1, -0.05) is 18.2 Å². The first kappa shape index (κ1) is 18.3. The minimum Gasteiger partial charge on any atom is -0.303 e. The molecule has 0 spiro atoms. The molecule has 1 N–H and O–H groups in total. The van der Waals surface area contributed by atoms with Crippen LogP contribution in [0.15, 0.2) is 64.6 Å². The van der Waals surface area contributed by atoms with Crippen molar-refractivity contribution in [2.24, 2.45) is 4.99 Å². The summed E-state index contributed by atoms with van der Waals surface area (Å²) in [5, 5.41) is 3.45. The Kier molecular flexibility index (Phi) is 4.88. The largest absolute Gasteiger partial charge is 0.303 e. The molecule has 1 aliphatic heterocycles. The van der Waals surface area contributed by atoms with E-state index in [9.17, 15) is 4.79 Å². The van der Waals surface area contributed by atoms with E-state index in [1.165, 1.54) is 11.8 Å². The molecule has 5 nitrogen and oxygen atoms in total. The van der Waals surface area contributed by atoms with Crippen LogP contribution in [0.3, 0.4) is 0 Å². The average molecular weight is 388 g/mol. The Morgan fingerprint density at radius 3 is 2.71 bits per heavy atom. The van der Waals surface area contributed by atoms with Gasteiger partial charge in [0.1, 0.15) is 5.82 Å². The number of benzene rings is 1. The third-order valence-electron chi connectivity index (χ3n) is 4.52. The van der Waals surface area contributed by atoms with Crippen molar-refractivity contribution in [3.05, 3.63) is 82.1 Å². The van der Waals surface area contributed by atoms with Gasteiger partial charge in [0.25, 0.3) is 5.91 Å². The summed E-state index contributed by atoms with van der Waals surface area (Å²) in [6.07, 6.45) is 3.70. The highest BCUT2D eigenvalue weighted by molar-refractivity contribution is 8.18. The number of pyridine rings is 1. The van der Waals surface area contributed by atoms with Gasteiger partial charge in [-0.2, -0.15) is 0 Å². The molecule has 1 aromatic carbocycles. The van der Waals surface area contributed by atoms with Crippen LogP contribution >= 0.6 is 11.8 Å². The fourth-order valence-electron chi connectivity index (χ4n) is 3.21. The minimum absolute atomic E-state index is 0.126. The Bertz CT molecular complexity index is 1110. The first-order valence-corrected chi connectivity index (χ1v) is 9.79. The van der Waals surface area contributed by atoms with Crippen LogP contribution in [0, 0.1) is 20.8 Å². The molecule has 3 aromatic rings. The summed E-state index contributed by atoms with van der Waals surface area (Å²) >= 11 is 1.36. The monoisotopic (exact) mass is 388 g/mol.